The topological polar surface area (TPSA) is 90.5 Å². The summed E-state index contributed by atoms with van der Waals surface area (Å²) in [6.45, 7) is 0. The van der Waals surface area contributed by atoms with Crippen LogP contribution >= 0.6 is 0 Å². The van der Waals surface area contributed by atoms with Crippen LogP contribution in [-0.4, -0.2) is 28.7 Å². The Kier molecular flexibility index (Phi) is 10.2. The molecule has 0 saturated heterocycles. The minimum Gasteiger partial charge on any atom is -0.278 e. The van der Waals surface area contributed by atoms with Crippen LogP contribution in [-0.2, 0) is 0 Å². The van der Waals surface area contributed by atoms with E-state index in [1.54, 1.807) is 54.6 Å². The zero-order valence-corrected chi connectivity index (χ0v) is 37.9. The van der Waals surface area contributed by atoms with Crippen molar-refractivity contribution in [1.82, 2.24) is 28.7 Å². The lowest BCUT2D eigenvalue weighted by molar-refractivity contribution is 0.629. The molecule has 9 aromatic carbocycles. The number of nitrogens with zero attached hydrogens (tertiary/aromatic N) is 9. The predicted molar refractivity (Wildman–Crippen MR) is 278 cm³/mol. The van der Waals surface area contributed by atoms with Gasteiger partial charge in [0.15, 0.2) is 0 Å². The molecule has 9 nitrogen and oxygen atoms in total. The first-order valence-electron chi connectivity index (χ1n) is 23.2. The van der Waals surface area contributed by atoms with Gasteiger partial charge in [-0.25, -0.2) is 28.1 Å². The summed E-state index contributed by atoms with van der Waals surface area (Å²) in [4.78, 5) is 31.3. The van der Waals surface area contributed by atoms with Gasteiger partial charge in [0, 0.05) is 32.3 Å². The smallest absolute Gasteiger partial charge is 0.241 e. The molecule has 4 aromatic heterocycles. The Labute approximate surface area is 407 Å². The van der Waals surface area contributed by atoms with E-state index in [9.17, 15) is 0 Å². The van der Waals surface area contributed by atoms with Crippen LogP contribution in [0.25, 0.3) is 83.3 Å². The molecule has 0 amide bonds. The van der Waals surface area contributed by atoms with Crippen molar-refractivity contribution in [1.29, 1.82) is 0 Å². The van der Waals surface area contributed by atoms with Crippen molar-refractivity contribution in [3.05, 3.63) is 252 Å². The standard InChI is InChI=1S/C60H36F3N9/c61-43-25-7-10-28-46(43)64-55-37-19-1-13-31-49(37)70(50-32-14-2-20-38(50)55)58-67-59(71-51-33-15-3-21-39(51)56(40-22-4-16-34-52(40)71)65-47-29-11-8-26-44(47)62)69-60(68-58)72-53-35-17-5-23-41(53)57(42-24-6-18-36-54(42)72)66-48-30-12-9-27-45(48)63/h1-36H. The third-order valence-electron chi connectivity index (χ3n) is 12.9. The number of para-hydroxylation sites is 9. The van der Waals surface area contributed by atoms with E-state index in [1.165, 1.54) is 18.2 Å². The molecule has 0 saturated carbocycles. The SMILES string of the molecule is Fc1ccccc1N=c1c2ccccc2n(-c2nc(-n3c4ccccc4c(=Nc4ccccc4F)c4ccccc43)nc(-n3c4ccccc4c(=Nc4ccccc4F)c4ccccc43)n2)c2ccccc12. The summed E-state index contributed by atoms with van der Waals surface area (Å²) in [6.07, 6.45) is 0. The molecule has 0 N–H and O–H groups in total. The highest BCUT2D eigenvalue weighted by Crippen LogP contribution is 2.31. The number of pyridine rings is 3. The minimum absolute atomic E-state index is 0.205. The second-order valence-electron chi connectivity index (χ2n) is 17.1. The van der Waals surface area contributed by atoms with E-state index < -0.39 is 17.5 Å². The Hall–Kier alpha value is -9.81. The quantitative estimate of drug-likeness (QED) is 0.156. The summed E-state index contributed by atoms with van der Waals surface area (Å²) >= 11 is 0. The van der Waals surface area contributed by atoms with Crippen LogP contribution in [0.5, 0.6) is 0 Å². The minimum atomic E-state index is -0.442. The number of halogens is 3. The molecule has 12 heteroatoms. The molecule has 4 heterocycles. The highest BCUT2D eigenvalue weighted by Gasteiger charge is 2.22. The highest BCUT2D eigenvalue weighted by molar-refractivity contribution is 5.98. The second kappa shape index (κ2) is 17.3. The molecule has 0 unspecified atom stereocenters. The van der Waals surface area contributed by atoms with Crippen molar-refractivity contribution < 1.29 is 13.2 Å². The maximum atomic E-state index is 15.4. The van der Waals surface area contributed by atoms with Crippen LogP contribution in [0.15, 0.2) is 233 Å². The van der Waals surface area contributed by atoms with Gasteiger partial charge in [-0.1, -0.05) is 146 Å². The first-order chi connectivity index (χ1) is 35.5. The molecule has 0 fully saturated rings. The Balaban J connectivity index is 1.20. The van der Waals surface area contributed by atoms with Crippen LogP contribution in [0.3, 0.4) is 0 Å². The summed E-state index contributed by atoms with van der Waals surface area (Å²) in [5.74, 6) is -0.531. The molecular formula is C60H36F3N9. The maximum absolute atomic E-state index is 15.4. The molecule has 13 rings (SSSR count). The van der Waals surface area contributed by atoms with Gasteiger partial charge in [-0.3, -0.25) is 13.7 Å². The molecule has 0 aliphatic heterocycles. The third kappa shape index (κ3) is 7.03. The highest BCUT2D eigenvalue weighted by atomic mass is 19.1. The fourth-order valence-electron chi connectivity index (χ4n) is 9.68. The van der Waals surface area contributed by atoms with Crippen LogP contribution in [0.2, 0.25) is 0 Å². The Morgan fingerprint density at radius 1 is 0.250 bits per heavy atom. The number of aromatic nitrogens is 6. The fourth-order valence-corrected chi connectivity index (χ4v) is 9.68. The van der Waals surface area contributed by atoms with Gasteiger partial charge in [0.1, 0.15) is 17.5 Å². The Morgan fingerprint density at radius 3 is 0.667 bits per heavy atom. The van der Waals surface area contributed by atoms with E-state index in [0.29, 0.717) is 49.2 Å². The van der Waals surface area contributed by atoms with Gasteiger partial charge in [-0.15, -0.1) is 0 Å². The fraction of sp³-hybridized carbons (Fsp3) is 0. The molecule has 0 atom stereocenters. The number of benzene rings is 9. The molecule has 0 bridgehead atoms. The lowest BCUT2D eigenvalue weighted by Gasteiger charge is -2.20. The van der Waals surface area contributed by atoms with Crippen molar-refractivity contribution in [2.75, 3.05) is 0 Å². The van der Waals surface area contributed by atoms with E-state index >= 15 is 13.2 Å². The van der Waals surface area contributed by atoms with Crippen molar-refractivity contribution in [3.8, 4) is 17.8 Å². The normalized spacial score (nSPS) is 11.5. The summed E-state index contributed by atoms with van der Waals surface area (Å²) < 4.78 is 52.2. The first kappa shape index (κ1) is 42.3. The van der Waals surface area contributed by atoms with E-state index in [1.807, 2.05) is 159 Å². The molecule has 0 aliphatic rings. The summed E-state index contributed by atoms with van der Waals surface area (Å²) in [6, 6.07) is 66.2. The maximum Gasteiger partial charge on any atom is 0.241 e. The molecule has 0 radical (unpaired) electrons. The van der Waals surface area contributed by atoms with Gasteiger partial charge in [0.25, 0.3) is 0 Å². The molecule has 342 valence electrons. The van der Waals surface area contributed by atoms with Crippen LogP contribution in [0, 0.1) is 17.5 Å². The lowest BCUT2D eigenvalue weighted by Crippen LogP contribution is -2.20. The van der Waals surface area contributed by atoms with Gasteiger partial charge >= 0.3 is 0 Å². The van der Waals surface area contributed by atoms with Crippen molar-refractivity contribution in [3.63, 3.8) is 0 Å². The van der Waals surface area contributed by atoms with Gasteiger partial charge in [0.2, 0.25) is 17.8 Å². The van der Waals surface area contributed by atoms with Crippen LogP contribution < -0.4 is 16.1 Å². The zero-order chi connectivity index (χ0) is 48.3. The van der Waals surface area contributed by atoms with Gasteiger partial charge in [-0.05, 0) is 72.8 Å². The zero-order valence-electron chi connectivity index (χ0n) is 37.9. The summed E-state index contributed by atoms with van der Waals surface area (Å²) in [5, 5.41) is 6.12. The van der Waals surface area contributed by atoms with E-state index in [0.717, 1.165) is 32.3 Å². The predicted octanol–water partition coefficient (Wildman–Crippen LogP) is 13.3. The largest absolute Gasteiger partial charge is 0.278 e. The Bertz CT molecular complexity index is 3940. The molecule has 72 heavy (non-hydrogen) atoms. The number of rotatable bonds is 6. The van der Waals surface area contributed by atoms with Crippen molar-refractivity contribution in [2.24, 2.45) is 15.0 Å². The molecule has 13 aromatic rings. The monoisotopic (exact) mass is 939 g/mol. The molecule has 0 spiro atoms. The lowest BCUT2D eigenvalue weighted by atomic mass is 10.1. The van der Waals surface area contributed by atoms with Gasteiger partial charge in [-0.2, -0.15) is 15.0 Å². The Morgan fingerprint density at radius 2 is 0.444 bits per heavy atom. The van der Waals surface area contributed by atoms with E-state index in [-0.39, 0.29) is 34.9 Å². The average Bonchev–Trinajstić information content (AvgIpc) is 3.42. The van der Waals surface area contributed by atoms with Crippen LogP contribution in [0.4, 0.5) is 30.2 Å². The molecular weight excluding hydrogens is 904 g/mol. The van der Waals surface area contributed by atoms with Crippen LogP contribution in [0.1, 0.15) is 0 Å². The second-order valence-corrected chi connectivity index (χ2v) is 17.1. The van der Waals surface area contributed by atoms with E-state index in [2.05, 4.69) is 0 Å². The summed E-state index contributed by atoms with van der Waals surface area (Å²) in [5.41, 5.74) is 4.82. The van der Waals surface area contributed by atoms with Gasteiger partial charge < -0.3 is 0 Å². The van der Waals surface area contributed by atoms with Crippen molar-refractivity contribution >= 4 is 82.5 Å². The van der Waals surface area contributed by atoms with E-state index in [4.69, 9.17) is 29.9 Å². The summed E-state index contributed by atoms with van der Waals surface area (Å²) in [7, 11) is 0. The van der Waals surface area contributed by atoms with Gasteiger partial charge in [0.05, 0.1) is 66.2 Å². The number of hydrogen-bond acceptors (Lipinski definition) is 6. The number of fused-ring (bicyclic) bond motifs is 6. The molecule has 0 aliphatic carbocycles. The average molecular weight is 940 g/mol. The van der Waals surface area contributed by atoms with Crippen molar-refractivity contribution in [2.45, 2.75) is 0 Å². The number of hydrogen-bond donors (Lipinski definition) is 0. The first-order valence-corrected chi connectivity index (χ1v) is 23.2. The third-order valence-corrected chi connectivity index (χ3v) is 12.9.